The first-order valence-corrected chi connectivity index (χ1v) is 8.61. The largest absolute Gasteiger partial charge is 0.344 e. The Morgan fingerprint density at radius 2 is 2.40 bits per heavy atom. The van der Waals surface area contributed by atoms with E-state index in [9.17, 15) is 9.59 Å². The lowest BCUT2D eigenvalue weighted by Gasteiger charge is -2.24. The van der Waals surface area contributed by atoms with Crippen LogP contribution in [0.1, 0.15) is 18.2 Å². The van der Waals surface area contributed by atoms with Gasteiger partial charge in [-0.25, -0.2) is 0 Å². The topological polar surface area (TPSA) is 49.4 Å². The maximum Gasteiger partial charge on any atom is 0.234 e. The van der Waals surface area contributed by atoms with Crippen molar-refractivity contribution in [2.75, 3.05) is 19.3 Å². The molecular weight excluding hydrogens is 292 g/mol. The van der Waals surface area contributed by atoms with Gasteiger partial charge in [0.15, 0.2) is 0 Å². The first kappa shape index (κ1) is 15.5. The molecule has 4 nitrogen and oxygen atoms in total. The van der Waals surface area contributed by atoms with Gasteiger partial charge in [-0.2, -0.15) is 0 Å². The summed E-state index contributed by atoms with van der Waals surface area (Å²) < 4.78 is 0. The van der Waals surface area contributed by atoms with Crippen LogP contribution in [0, 0.1) is 0 Å². The molecule has 20 heavy (non-hydrogen) atoms. The van der Waals surface area contributed by atoms with Crippen LogP contribution in [0.25, 0.3) is 0 Å². The molecule has 0 aromatic carbocycles. The molecule has 1 aliphatic heterocycles. The molecule has 1 aromatic rings. The van der Waals surface area contributed by atoms with E-state index < -0.39 is 0 Å². The Bertz CT molecular complexity index is 462. The molecule has 6 heteroatoms. The van der Waals surface area contributed by atoms with Gasteiger partial charge in [0.1, 0.15) is 0 Å². The highest BCUT2D eigenvalue weighted by Gasteiger charge is 2.27. The normalized spacial score (nSPS) is 20.4. The van der Waals surface area contributed by atoms with E-state index in [-0.39, 0.29) is 17.1 Å². The second kappa shape index (κ2) is 7.24. The Balaban J connectivity index is 1.76. The van der Waals surface area contributed by atoms with E-state index in [1.165, 1.54) is 16.6 Å². The predicted molar refractivity (Wildman–Crippen MR) is 84.1 cm³/mol. The highest BCUT2D eigenvalue weighted by Crippen LogP contribution is 2.19. The standard InChI is InChI=1S/C14H20N2O2S2/c1-10(8-11-4-3-6-19-11)16(2)9-13(17)15-12-5-7-20-14(12)18/h3-4,6,10,12H,5,7-9H2,1-2H3,(H,15,17)/t10-,12-/m1/s1. The van der Waals surface area contributed by atoms with Crippen molar-refractivity contribution in [3.05, 3.63) is 22.4 Å². The summed E-state index contributed by atoms with van der Waals surface area (Å²) in [6, 6.07) is 4.17. The minimum atomic E-state index is -0.284. The molecule has 1 saturated heterocycles. The van der Waals surface area contributed by atoms with Crippen LogP contribution in [0.3, 0.4) is 0 Å². The van der Waals surface area contributed by atoms with Gasteiger partial charge in [0.2, 0.25) is 11.0 Å². The average molecular weight is 312 g/mol. The molecule has 1 aliphatic rings. The molecule has 0 radical (unpaired) electrons. The smallest absolute Gasteiger partial charge is 0.234 e. The summed E-state index contributed by atoms with van der Waals surface area (Å²) in [4.78, 5) is 26.8. The zero-order valence-corrected chi connectivity index (χ0v) is 13.4. The van der Waals surface area contributed by atoms with E-state index >= 15 is 0 Å². The number of rotatable bonds is 6. The summed E-state index contributed by atoms with van der Waals surface area (Å²) in [6.07, 6.45) is 1.70. The van der Waals surface area contributed by atoms with Crippen LogP contribution in [-0.2, 0) is 16.0 Å². The van der Waals surface area contributed by atoms with Gasteiger partial charge in [-0.3, -0.25) is 14.5 Å². The third kappa shape index (κ3) is 4.33. The average Bonchev–Trinajstić information content (AvgIpc) is 3.02. The van der Waals surface area contributed by atoms with Crippen molar-refractivity contribution < 1.29 is 9.59 Å². The van der Waals surface area contributed by atoms with Crippen molar-refractivity contribution in [3.8, 4) is 0 Å². The van der Waals surface area contributed by atoms with Crippen LogP contribution in [-0.4, -0.2) is 47.4 Å². The molecule has 0 unspecified atom stereocenters. The quantitative estimate of drug-likeness (QED) is 0.869. The number of thiophene rings is 1. The van der Waals surface area contributed by atoms with Crippen molar-refractivity contribution in [2.24, 2.45) is 0 Å². The summed E-state index contributed by atoms with van der Waals surface area (Å²) in [5.74, 6) is 0.750. The predicted octanol–water partition coefficient (Wildman–Crippen LogP) is 1.76. The molecule has 2 heterocycles. The van der Waals surface area contributed by atoms with Crippen molar-refractivity contribution in [1.82, 2.24) is 10.2 Å². The van der Waals surface area contributed by atoms with Gasteiger partial charge in [-0.1, -0.05) is 17.8 Å². The fraction of sp³-hybridized carbons (Fsp3) is 0.571. The molecule has 0 aliphatic carbocycles. The molecule has 110 valence electrons. The molecule has 1 fully saturated rings. The van der Waals surface area contributed by atoms with E-state index in [0.29, 0.717) is 12.6 Å². The second-order valence-corrected chi connectivity index (χ2v) is 7.26. The van der Waals surface area contributed by atoms with Gasteiger partial charge < -0.3 is 5.32 Å². The summed E-state index contributed by atoms with van der Waals surface area (Å²) >= 11 is 3.05. The lowest BCUT2D eigenvalue weighted by Crippen LogP contribution is -2.44. The maximum absolute atomic E-state index is 12.0. The fourth-order valence-corrected chi connectivity index (χ4v) is 3.88. The van der Waals surface area contributed by atoms with Crippen molar-refractivity contribution in [3.63, 3.8) is 0 Å². The molecule has 1 aromatic heterocycles. The first-order valence-electron chi connectivity index (χ1n) is 6.75. The van der Waals surface area contributed by atoms with Crippen LogP contribution in [0.4, 0.5) is 0 Å². The van der Waals surface area contributed by atoms with Crippen LogP contribution < -0.4 is 5.32 Å². The summed E-state index contributed by atoms with van der Waals surface area (Å²) in [7, 11) is 1.95. The minimum Gasteiger partial charge on any atom is -0.344 e. The van der Waals surface area contributed by atoms with E-state index in [1.54, 1.807) is 11.3 Å². The fourth-order valence-electron chi connectivity index (χ4n) is 2.12. The van der Waals surface area contributed by atoms with Crippen LogP contribution >= 0.6 is 23.1 Å². The van der Waals surface area contributed by atoms with Crippen molar-refractivity contribution in [1.29, 1.82) is 0 Å². The summed E-state index contributed by atoms with van der Waals surface area (Å²) in [5.41, 5.74) is 0. The minimum absolute atomic E-state index is 0.0635. The van der Waals surface area contributed by atoms with Crippen molar-refractivity contribution in [2.45, 2.75) is 31.8 Å². The Hall–Kier alpha value is -0.850. The Kier molecular flexibility index (Phi) is 5.63. The Morgan fingerprint density at radius 3 is 3.00 bits per heavy atom. The molecule has 1 N–H and O–H groups in total. The molecule has 0 saturated carbocycles. The number of carbonyl (C=O) groups excluding carboxylic acids is 2. The van der Waals surface area contributed by atoms with Crippen LogP contribution in [0.2, 0.25) is 0 Å². The van der Waals surface area contributed by atoms with Gasteiger partial charge in [0.25, 0.3) is 0 Å². The van der Waals surface area contributed by atoms with E-state index in [2.05, 4.69) is 23.7 Å². The monoisotopic (exact) mass is 312 g/mol. The molecule has 1 amide bonds. The third-order valence-electron chi connectivity index (χ3n) is 3.49. The van der Waals surface area contributed by atoms with Gasteiger partial charge in [-0.15, -0.1) is 11.3 Å². The number of thioether (sulfide) groups is 1. The molecule has 0 bridgehead atoms. The van der Waals surface area contributed by atoms with E-state index in [1.807, 2.05) is 18.0 Å². The summed E-state index contributed by atoms with van der Waals surface area (Å²) in [5, 5.41) is 4.98. The number of hydrogen-bond acceptors (Lipinski definition) is 5. The first-order chi connectivity index (χ1) is 9.56. The number of hydrogen-bond donors (Lipinski definition) is 1. The summed E-state index contributed by atoms with van der Waals surface area (Å²) in [6.45, 7) is 2.45. The Labute approximate surface area is 127 Å². The van der Waals surface area contributed by atoms with Crippen molar-refractivity contribution >= 4 is 34.1 Å². The lowest BCUT2D eigenvalue weighted by atomic mass is 10.2. The number of amides is 1. The number of carbonyl (C=O) groups is 2. The van der Waals surface area contributed by atoms with Crippen LogP contribution in [0.15, 0.2) is 17.5 Å². The molecule has 2 rings (SSSR count). The van der Waals surface area contributed by atoms with Gasteiger partial charge in [0.05, 0.1) is 12.6 Å². The number of nitrogens with zero attached hydrogens (tertiary/aromatic N) is 1. The second-order valence-electron chi connectivity index (χ2n) is 5.12. The zero-order chi connectivity index (χ0) is 14.5. The lowest BCUT2D eigenvalue weighted by molar-refractivity contribution is -0.125. The van der Waals surface area contributed by atoms with Gasteiger partial charge in [0, 0.05) is 16.7 Å². The Morgan fingerprint density at radius 1 is 1.60 bits per heavy atom. The number of likely N-dealkylation sites (N-methyl/N-ethyl adjacent to an activating group) is 1. The number of nitrogens with one attached hydrogen (secondary N) is 1. The SMILES string of the molecule is C[C@H](Cc1cccs1)N(C)CC(=O)N[C@@H]1CCSC1=O. The van der Waals surface area contributed by atoms with Gasteiger partial charge in [-0.05, 0) is 38.3 Å². The van der Waals surface area contributed by atoms with Crippen LogP contribution in [0.5, 0.6) is 0 Å². The van der Waals surface area contributed by atoms with E-state index in [0.717, 1.165) is 18.6 Å². The molecule has 2 atom stereocenters. The molecule has 0 spiro atoms. The van der Waals surface area contributed by atoms with E-state index in [4.69, 9.17) is 0 Å². The molecular formula is C14H20N2O2S2. The zero-order valence-electron chi connectivity index (χ0n) is 11.8. The third-order valence-corrected chi connectivity index (χ3v) is 5.40. The maximum atomic E-state index is 12.0. The van der Waals surface area contributed by atoms with Gasteiger partial charge >= 0.3 is 0 Å². The highest BCUT2D eigenvalue weighted by atomic mass is 32.2. The highest BCUT2D eigenvalue weighted by molar-refractivity contribution is 8.14.